The quantitative estimate of drug-likeness (QED) is 0.155. The van der Waals surface area contributed by atoms with E-state index >= 15 is 0 Å². The number of para-hydroxylation sites is 2. The Hall–Kier alpha value is -6.30. The SMILES string of the molecule is Cc1cc2c(cc1N1B3c4c(cc5sc6ccccc6c5c4-n4c5cc6ccccc6cc5c5cccc3c54)-c3c1ccc1oc4ccccc4c31)C(C)(C)CCC2(C)C. The molecule has 0 N–H and O–H groups in total. The van der Waals surface area contributed by atoms with Gasteiger partial charge in [0.2, 0.25) is 0 Å². The number of fused-ring (bicyclic) bond motifs is 17. The van der Waals surface area contributed by atoms with Crippen molar-refractivity contribution in [3.05, 3.63) is 150 Å². The van der Waals surface area contributed by atoms with Crippen molar-refractivity contribution < 1.29 is 4.42 Å². The summed E-state index contributed by atoms with van der Waals surface area (Å²) in [7, 11) is 0. The normalized spacial score (nSPS) is 16.1. The Morgan fingerprint density at radius 1 is 0.600 bits per heavy atom. The van der Waals surface area contributed by atoms with Crippen LogP contribution >= 0.6 is 11.3 Å². The fourth-order valence-electron chi connectivity index (χ4n) is 11.9. The minimum Gasteiger partial charge on any atom is -0.456 e. The Kier molecular flexibility index (Phi) is 6.20. The highest BCUT2D eigenvalue weighted by Crippen LogP contribution is 2.54. The highest BCUT2D eigenvalue weighted by molar-refractivity contribution is 7.26. The Morgan fingerprint density at radius 2 is 1.32 bits per heavy atom. The van der Waals surface area contributed by atoms with Gasteiger partial charge in [0, 0.05) is 58.7 Å². The van der Waals surface area contributed by atoms with E-state index in [2.05, 4.69) is 177 Å². The van der Waals surface area contributed by atoms with E-state index in [0.29, 0.717) is 0 Å². The van der Waals surface area contributed by atoms with Crippen molar-refractivity contribution in [1.82, 2.24) is 4.57 Å². The van der Waals surface area contributed by atoms with E-state index in [1.165, 1.54) is 127 Å². The van der Waals surface area contributed by atoms with Gasteiger partial charge < -0.3 is 13.8 Å². The average molecular weight is 789 g/mol. The van der Waals surface area contributed by atoms with Crippen LogP contribution in [0.25, 0.3) is 91.5 Å². The second-order valence-electron chi connectivity index (χ2n) is 19.1. The van der Waals surface area contributed by atoms with E-state index in [1.807, 2.05) is 11.3 Å². The van der Waals surface area contributed by atoms with E-state index in [4.69, 9.17) is 4.42 Å². The Bertz CT molecular complexity index is 3770. The van der Waals surface area contributed by atoms with Crippen molar-refractivity contribution in [1.29, 1.82) is 0 Å². The first-order valence-corrected chi connectivity index (χ1v) is 22.3. The molecule has 8 aromatic carbocycles. The van der Waals surface area contributed by atoms with Crippen molar-refractivity contribution in [3.8, 4) is 16.8 Å². The number of aromatic nitrogens is 1. The third-order valence-corrected chi connectivity index (χ3v) is 16.0. The summed E-state index contributed by atoms with van der Waals surface area (Å²) in [5.41, 5.74) is 18.0. The van der Waals surface area contributed by atoms with Crippen molar-refractivity contribution in [2.45, 2.75) is 58.3 Å². The van der Waals surface area contributed by atoms with Crippen molar-refractivity contribution >= 4 is 115 Å². The van der Waals surface area contributed by atoms with Gasteiger partial charge in [0.1, 0.15) is 11.2 Å². The lowest BCUT2D eigenvalue weighted by molar-refractivity contribution is 0.332. The molecule has 5 heteroatoms. The predicted octanol–water partition coefficient (Wildman–Crippen LogP) is 14.1. The van der Waals surface area contributed by atoms with Gasteiger partial charge in [-0.3, -0.25) is 0 Å². The molecule has 0 radical (unpaired) electrons. The van der Waals surface area contributed by atoms with Crippen LogP contribution in [0.4, 0.5) is 11.4 Å². The van der Waals surface area contributed by atoms with Crippen LogP contribution in [-0.4, -0.2) is 11.4 Å². The molecule has 286 valence electrons. The Morgan fingerprint density at radius 3 is 2.15 bits per heavy atom. The van der Waals surface area contributed by atoms with Crippen molar-refractivity contribution in [2.75, 3.05) is 4.81 Å². The molecular formula is C55H41BN2OS. The van der Waals surface area contributed by atoms with Gasteiger partial charge in [-0.2, -0.15) is 0 Å². The molecule has 0 spiro atoms. The maximum Gasteiger partial charge on any atom is 0.333 e. The van der Waals surface area contributed by atoms with Gasteiger partial charge in [0.15, 0.2) is 0 Å². The van der Waals surface area contributed by atoms with Crippen LogP contribution in [0.15, 0.2) is 138 Å². The standard InChI is InChI=1S/C55H41BN2OS/c1-30-25-38-39(55(4,5)24-23-54(38,2)3)29-42(30)58-41-21-22-45-49(34-15-8-10-19-44(34)59-45)48(41)37-28-47-50(35-16-9-11-20-46(35)60-47)53-51(37)56(58)40-18-12-17-33-36-26-31-13-6-7-14-32(31)27-43(36)57(53)52(33)40/h6-22,25-29H,23-24H2,1-5H3. The Labute approximate surface area is 352 Å². The van der Waals surface area contributed by atoms with Crippen LogP contribution in [-0.2, 0) is 10.8 Å². The summed E-state index contributed by atoms with van der Waals surface area (Å²) in [5.74, 6) is 0. The van der Waals surface area contributed by atoms with Crippen LogP contribution in [0.5, 0.6) is 0 Å². The molecule has 60 heavy (non-hydrogen) atoms. The topological polar surface area (TPSA) is 21.3 Å². The molecule has 0 saturated carbocycles. The van der Waals surface area contributed by atoms with Crippen molar-refractivity contribution in [2.24, 2.45) is 0 Å². The zero-order chi connectivity index (χ0) is 40.0. The molecule has 14 rings (SSSR count). The molecule has 3 nitrogen and oxygen atoms in total. The minimum atomic E-state index is -0.0763. The van der Waals surface area contributed by atoms with E-state index in [9.17, 15) is 0 Å². The summed E-state index contributed by atoms with van der Waals surface area (Å²) in [5, 5.41) is 10.2. The molecule has 0 atom stereocenters. The summed E-state index contributed by atoms with van der Waals surface area (Å²) >= 11 is 1.92. The maximum atomic E-state index is 6.72. The number of aryl methyl sites for hydroxylation is 1. The molecule has 2 aliphatic heterocycles. The largest absolute Gasteiger partial charge is 0.456 e. The highest BCUT2D eigenvalue weighted by atomic mass is 32.1. The molecule has 3 aromatic heterocycles. The smallest absolute Gasteiger partial charge is 0.333 e. The predicted molar refractivity (Wildman–Crippen MR) is 258 cm³/mol. The zero-order valence-electron chi connectivity index (χ0n) is 34.4. The average Bonchev–Trinajstić information content (AvgIpc) is 3.93. The monoisotopic (exact) mass is 788 g/mol. The second-order valence-corrected chi connectivity index (χ2v) is 20.2. The van der Waals surface area contributed by atoms with Crippen LogP contribution in [0.3, 0.4) is 0 Å². The fourth-order valence-corrected chi connectivity index (χ4v) is 13.1. The van der Waals surface area contributed by atoms with E-state index in [1.54, 1.807) is 0 Å². The van der Waals surface area contributed by atoms with Crippen LogP contribution in [0.1, 0.15) is 57.2 Å². The third-order valence-electron chi connectivity index (χ3n) is 14.9. The number of nitrogens with zero attached hydrogens (tertiary/aromatic N) is 2. The summed E-state index contributed by atoms with van der Waals surface area (Å²) in [6.07, 6.45) is 2.36. The number of anilines is 2. The summed E-state index contributed by atoms with van der Waals surface area (Å²) in [6.45, 7) is 12.1. The summed E-state index contributed by atoms with van der Waals surface area (Å²) in [6, 6.07) is 50.8. The van der Waals surface area contributed by atoms with E-state index < -0.39 is 0 Å². The lowest BCUT2D eigenvalue weighted by Crippen LogP contribution is -2.60. The summed E-state index contributed by atoms with van der Waals surface area (Å²) in [4.78, 5) is 2.75. The molecule has 0 unspecified atom stereocenters. The fraction of sp³-hybridized carbons (Fsp3) is 0.164. The lowest BCUT2D eigenvalue weighted by atomic mass is 9.43. The molecule has 5 heterocycles. The number of hydrogen-bond acceptors (Lipinski definition) is 3. The van der Waals surface area contributed by atoms with Gasteiger partial charge in [-0.05, 0) is 123 Å². The van der Waals surface area contributed by atoms with E-state index in [0.717, 1.165) is 16.6 Å². The summed E-state index contributed by atoms with van der Waals surface area (Å²) < 4.78 is 12.0. The van der Waals surface area contributed by atoms with Gasteiger partial charge in [0.25, 0.3) is 0 Å². The zero-order valence-corrected chi connectivity index (χ0v) is 35.2. The number of hydrogen-bond donors (Lipinski definition) is 0. The van der Waals surface area contributed by atoms with Gasteiger partial charge in [0.05, 0.1) is 16.7 Å². The molecule has 1 aliphatic carbocycles. The maximum absolute atomic E-state index is 6.72. The van der Waals surface area contributed by atoms with Gasteiger partial charge >= 0.3 is 6.85 Å². The molecule has 0 saturated heterocycles. The number of thiophene rings is 1. The second kappa shape index (κ2) is 11.1. The number of benzene rings is 8. The van der Waals surface area contributed by atoms with Crippen LogP contribution in [0, 0.1) is 6.92 Å². The molecule has 0 amide bonds. The first-order chi connectivity index (χ1) is 29.2. The Balaban J connectivity index is 1.23. The van der Waals surface area contributed by atoms with Gasteiger partial charge in [-0.1, -0.05) is 113 Å². The minimum absolute atomic E-state index is 0.0580. The van der Waals surface area contributed by atoms with Crippen LogP contribution < -0.4 is 15.7 Å². The van der Waals surface area contributed by atoms with Crippen LogP contribution in [0.2, 0.25) is 0 Å². The first kappa shape index (κ1) is 33.5. The third kappa shape index (κ3) is 4.07. The van der Waals surface area contributed by atoms with Gasteiger partial charge in [-0.25, -0.2) is 0 Å². The molecule has 11 aromatic rings. The molecule has 3 aliphatic rings. The first-order valence-electron chi connectivity index (χ1n) is 21.5. The lowest BCUT2D eigenvalue weighted by Gasteiger charge is -2.46. The van der Waals surface area contributed by atoms with E-state index in [-0.39, 0.29) is 17.7 Å². The molecule has 0 fully saturated rings. The van der Waals surface area contributed by atoms with Gasteiger partial charge in [-0.15, -0.1) is 11.3 Å². The molecule has 0 bridgehead atoms. The number of furan rings is 1. The highest BCUT2D eigenvalue weighted by Gasteiger charge is 2.47. The number of rotatable bonds is 1. The van der Waals surface area contributed by atoms with Crippen molar-refractivity contribution in [3.63, 3.8) is 0 Å². The molecular weight excluding hydrogens is 747 g/mol.